The number of carbonyl (C=O) groups excluding carboxylic acids is 1. The molecule has 2 aromatic heterocycles. The Kier molecular flexibility index (Phi) is 8.55. The van der Waals surface area contributed by atoms with Crippen LogP contribution in [0.4, 0.5) is 9.39 Å². The number of aromatic nitrogens is 3. The zero-order valence-electron chi connectivity index (χ0n) is 21.6. The first-order chi connectivity index (χ1) is 17.7. The van der Waals surface area contributed by atoms with E-state index in [9.17, 15) is 14.4 Å². The molecule has 7 nitrogen and oxygen atoms in total. The molecule has 1 unspecified atom stereocenters. The number of nitriles is 1. The number of thioether (sulfide) groups is 1. The summed E-state index contributed by atoms with van der Waals surface area (Å²) in [6.45, 7) is 9.63. The van der Waals surface area contributed by atoms with E-state index in [1.807, 2.05) is 11.5 Å². The molecule has 1 aliphatic rings. The number of fused-ring (bicyclic) bond motifs is 1. The van der Waals surface area contributed by atoms with Crippen LogP contribution in [0.3, 0.4) is 0 Å². The number of halogens is 1. The van der Waals surface area contributed by atoms with Gasteiger partial charge in [0.1, 0.15) is 29.2 Å². The number of hydrogen-bond acceptors (Lipinski definition) is 7. The molecular formula is C27H32FN5O2S2. The van der Waals surface area contributed by atoms with E-state index in [1.54, 1.807) is 23.5 Å². The summed E-state index contributed by atoms with van der Waals surface area (Å²) in [5.74, 6) is 1.39. The number of hydrogen-bond donors (Lipinski definition) is 1. The van der Waals surface area contributed by atoms with Gasteiger partial charge in [0.25, 0.3) is 0 Å². The average Bonchev–Trinajstić information content (AvgIpc) is 3.46. The normalized spacial score (nSPS) is 15.2. The van der Waals surface area contributed by atoms with E-state index >= 15 is 0 Å². The predicted octanol–water partition coefficient (Wildman–Crippen LogP) is 6.22. The predicted molar refractivity (Wildman–Crippen MR) is 144 cm³/mol. The van der Waals surface area contributed by atoms with Gasteiger partial charge < -0.3 is 14.6 Å². The van der Waals surface area contributed by atoms with E-state index in [0.717, 1.165) is 31.2 Å². The highest BCUT2D eigenvalue weighted by Gasteiger charge is 2.34. The topological polar surface area (TPSA) is 92.8 Å². The maximum absolute atomic E-state index is 13.1. The van der Waals surface area contributed by atoms with E-state index in [0.29, 0.717) is 39.8 Å². The molecular weight excluding hydrogens is 509 g/mol. The molecule has 0 aliphatic heterocycles. The van der Waals surface area contributed by atoms with Crippen molar-refractivity contribution < 1.29 is 13.9 Å². The van der Waals surface area contributed by atoms with E-state index in [1.165, 1.54) is 28.8 Å². The standard InChI is InChI=1S/C27H32FN5O2S2/c1-5-27(3,4)17-7-12-20-21(14-29)25(37-22(20)13-17)30-24(34)16-36-26-32-31-23(33(26)6-2)15-35-19-10-8-18(28)9-11-19/h8-11,17H,5-7,12-13,15-16H2,1-4H3,(H,30,34). The number of ether oxygens (including phenoxy) is 1. The SMILES string of the molecule is CCn1c(COc2ccc(F)cc2)nnc1SCC(=O)Nc1sc2c(c1C#N)CCC(C(C)(C)CC)C2. The highest BCUT2D eigenvalue weighted by Crippen LogP contribution is 2.45. The molecule has 0 radical (unpaired) electrons. The zero-order chi connectivity index (χ0) is 26.6. The first-order valence-electron chi connectivity index (χ1n) is 12.5. The van der Waals surface area contributed by atoms with Crippen LogP contribution in [0.5, 0.6) is 5.75 Å². The highest BCUT2D eigenvalue weighted by atomic mass is 32.2. The summed E-state index contributed by atoms with van der Waals surface area (Å²) in [6.07, 6.45) is 4.04. The summed E-state index contributed by atoms with van der Waals surface area (Å²) in [5.41, 5.74) is 1.98. The van der Waals surface area contributed by atoms with Crippen LogP contribution in [-0.4, -0.2) is 26.4 Å². The van der Waals surface area contributed by atoms with Crippen molar-refractivity contribution in [2.24, 2.45) is 11.3 Å². The quantitative estimate of drug-likeness (QED) is 0.306. The molecule has 0 spiro atoms. The molecule has 1 amide bonds. The van der Waals surface area contributed by atoms with Crippen LogP contribution in [0.15, 0.2) is 29.4 Å². The monoisotopic (exact) mass is 541 g/mol. The molecule has 1 N–H and O–H groups in total. The number of amides is 1. The van der Waals surface area contributed by atoms with E-state index in [2.05, 4.69) is 42.4 Å². The van der Waals surface area contributed by atoms with Gasteiger partial charge in [0.2, 0.25) is 5.91 Å². The number of anilines is 1. The van der Waals surface area contributed by atoms with Gasteiger partial charge in [0.05, 0.1) is 11.3 Å². The van der Waals surface area contributed by atoms with Crippen molar-refractivity contribution in [3.8, 4) is 11.8 Å². The van der Waals surface area contributed by atoms with E-state index < -0.39 is 0 Å². The largest absolute Gasteiger partial charge is 0.486 e. The third-order valence-electron chi connectivity index (χ3n) is 7.27. The number of nitrogens with one attached hydrogen (secondary N) is 1. The number of nitrogens with zero attached hydrogens (tertiary/aromatic N) is 4. The Bertz CT molecular complexity index is 1290. The number of benzene rings is 1. The smallest absolute Gasteiger partial charge is 0.235 e. The number of carbonyl (C=O) groups is 1. The van der Waals surface area contributed by atoms with E-state index in [-0.39, 0.29) is 29.5 Å². The van der Waals surface area contributed by atoms with Gasteiger partial charge in [-0.2, -0.15) is 5.26 Å². The highest BCUT2D eigenvalue weighted by molar-refractivity contribution is 7.99. The third kappa shape index (κ3) is 6.16. The minimum Gasteiger partial charge on any atom is -0.486 e. The second kappa shape index (κ2) is 11.7. The molecule has 0 bridgehead atoms. The lowest BCUT2D eigenvalue weighted by atomic mass is 9.69. The number of rotatable bonds is 10. The number of thiophene rings is 1. The lowest BCUT2D eigenvalue weighted by molar-refractivity contribution is -0.113. The Morgan fingerprint density at radius 3 is 2.76 bits per heavy atom. The molecule has 1 aromatic carbocycles. The van der Waals surface area contributed by atoms with Crippen LogP contribution >= 0.6 is 23.1 Å². The van der Waals surface area contributed by atoms with Crippen molar-refractivity contribution in [3.63, 3.8) is 0 Å². The van der Waals surface area contributed by atoms with Gasteiger partial charge in [0, 0.05) is 11.4 Å². The van der Waals surface area contributed by atoms with Gasteiger partial charge >= 0.3 is 0 Å². The van der Waals surface area contributed by atoms with Crippen molar-refractivity contribution in [1.82, 2.24) is 14.8 Å². The Balaban J connectivity index is 1.38. The fourth-order valence-corrected chi connectivity index (χ4v) is 6.68. The van der Waals surface area contributed by atoms with Crippen LogP contribution in [0.25, 0.3) is 0 Å². The Labute approximate surface area is 225 Å². The van der Waals surface area contributed by atoms with Crippen molar-refractivity contribution >= 4 is 34.0 Å². The Morgan fingerprint density at radius 1 is 1.32 bits per heavy atom. The summed E-state index contributed by atoms with van der Waals surface area (Å²) < 4.78 is 20.7. The van der Waals surface area contributed by atoms with Crippen LogP contribution in [0.1, 0.15) is 62.4 Å². The van der Waals surface area contributed by atoms with Gasteiger partial charge in [-0.3, -0.25) is 4.79 Å². The molecule has 0 saturated heterocycles. The minimum absolute atomic E-state index is 0.149. The van der Waals surface area contributed by atoms with Gasteiger partial charge in [0.15, 0.2) is 11.0 Å². The summed E-state index contributed by atoms with van der Waals surface area (Å²) in [4.78, 5) is 14.1. The first kappa shape index (κ1) is 27.1. The zero-order valence-corrected chi connectivity index (χ0v) is 23.3. The summed E-state index contributed by atoms with van der Waals surface area (Å²) >= 11 is 2.84. The van der Waals surface area contributed by atoms with Gasteiger partial charge in [-0.15, -0.1) is 21.5 Å². The van der Waals surface area contributed by atoms with Crippen molar-refractivity contribution in [2.75, 3.05) is 11.1 Å². The Hall–Kier alpha value is -2.90. The first-order valence-corrected chi connectivity index (χ1v) is 14.3. The average molecular weight is 542 g/mol. The molecule has 2 heterocycles. The maximum Gasteiger partial charge on any atom is 0.235 e. The van der Waals surface area contributed by atoms with Crippen LogP contribution in [0, 0.1) is 28.5 Å². The van der Waals surface area contributed by atoms with Crippen molar-refractivity contribution in [3.05, 3.63) is 51.9 Å². The van der Waals surface area contributed by atoms with Crippen LogP contribution < -0.4 is 10.1 Å². The van der Waals surface area contributed by atoms with Gasteiger partial charge in [-0.05, 0) is 67.3 Å². The Morgan fingerprint density at radius 2 is 2.08 bits per heavy atom. The van der Waals surface area contributed by atoms with Crippen LogP contribution in [-0.2, 0) is 30.8 Å². The molecule has 1 aliphatic carbocycles. The van der Waals surface area contributed by atoms with Gasteiger partial charge in [-0.1, -0.05) is 39.0 Å². The third-order valence-corrected chi connectivity index (χ3v) is 9.41. The molecule has 10 heteroatoms. The van der Waals surface area contributed by atoms with E-state index in [4.69, 9.17) is 4.74 Å². The summed E-state index contributed by atoms with van der Waals surface area (Å²) in [7, 11) is 0. The molecule has 3 aromatic rings. The van der Waals surface area contributed by atoms with Crippen LogP contribution in [0.2, 0.25) is 0 Å². The van der Waals surface area contributed by atoms with Gasteiger partial charge in [-0.25, -0.2) is 4.39 Å². The van der Waals surface area contributed by atoms with Crippen molar-refractivity contribution in [2.45, 2.75) is 71.7 Å². The molecule has 0 fully saturated rings. The molecule has 1 atom stereocenters. The molecule has 0 saturated carbocycles. The lowest BCUT2D eigenvalue weighted by Crippen LogP contribution is -2.28. The fourth-order valence-electron chi connectivity index (χ4n) is 4.57. The lowest BCUT2D eigenvalue weighted by Gasteiger charge is -2.36. The van der Waals surface area contributed by atoms with Crippen molar-refractivity contribution in [1.29, 1.82) is 5.26 Å². The summed E-state index contributed by atoms with van der Waals surface area (Å²) in [5, 5.41) is 22.5. The molecule has 37 heavy (non-hydrogen) atoms. The maximum atomic E-state index is 13.1. The fraction of sp³-hybridized carbons (Fsp3) is 0.481. The summed E-state index contributed by atoms with van der Waals surface area (Å²) in [6, 6.07) is 8.13. The molecule has 196 valence electrons. The second-order valence-corrected chi connectivity index (χ2v) is 11.9. The minimum atomic E-state index is -0.324. The molecule has 4 rings (SSSR count). The second-order valence-electron chi connectivity index (χ2n) is 9.82.